The zero-order valence-electron chi connectivity index (χ0n) is 25.5. The van der Waals surface area contributed by atoms with Crippen LogP contribution in [0.1, 0.15) is 37.0 Å². The molecule has 0 aliphatic heterocycles. The van der Waals surface area contributed by atoms with Crippen LogP contribution in [0.15, 0.2) is 108 Å². The zero-order chi connectivity index (χ0) is 32.6. The van der Waals surface area contributed by atoms with Crippen molar-refractivity contribution in [1.82, 2.24) is 10.2 Å². The minimum Gasteiger partial charge on any atom is -0.352 e. The van der Waals surface area contributed by atoms with Crippen LogP contribution in [0, 0.1) is 6.92 Å². The summed E-state index contributed by atoms with van der Waals surface area (Å²) in [6.07, 6.45) is 0.913. The fourth-order valence-corrected chi connectivity index (χ4v) is 6.58. The molecule has 236 valence electrons. The van der Waals surface area contributed by atoms with E-state index in [4.69, 9.17) is 23.2 Å². The number of anilines is 1. The molecule has 0 aliphatic rings. The number of hydrogen-bond donors (Lipinski definition) is 1. The maximum atomic E-state index is 14.5. The van der Waals surface area contributed by atoms with Crippen molar-refractivity contribution in [3.63, 3.8) is 0 Å². The van der Waals surface area contributed by atoms with E-state index < -0.39 is 28.5 Å². The van der Waals surface area contributed by atoms with Crippen LogP contribution >= 0.6 is 23.2 Å². The number of halogens is 2. The molecule has 0 saturated heterocycles. The van der Waals surface area contributed by atoms with E-state index in [1.807, 2.05) is 57.2 Å². The normalized spacial score (nSPS) is 12.6. The molecule has 10 heteroatoms. The van der Waals surface area contributed by atoms with E-state index >= 15 is 0 Å². The Balaban J connectivity index is 1.82. The predicted octanol–water partition coefficient (Wildman–Crippen LogP) is 7.05. The van der Waals surface area contributed by atoms with E-state index in [1.54, 1.807) is 42.5 Å². The van der Waals surface area contributed by atoms with Gasteiger partial charge in [0.05, 0.1) is 10.6 Å². The lowest BCUT2D eigenvalue weighted by atomic mass is 10.0. The highest BCUT2D eigenvalue weighted by Gasteiger charge is 2.35. The molecule has 0 aromatic heterocycles. The van der Waals surface area contributed by atoms with Crippen LogP contribution in [-0.4, -0.2) is 43.8 Å². The van der Waals surface area contributed by atoms with E-state index in [2.05, 4.69) is 5.32 Å². The van der Waals surface area contributed by atoms with Gasteiger partial charge in [0, 0.05) is 29.1 Å². The highest BCUT2D eigenvalue weighted by Crippen LogP contribution is 2.27. The van der Waals surface area contributed by atoms with Crippen molar-refractivity contribution < 1.29 is 18.0 Å². The summed E-state index contributed by atoms with van der Waals surface area (Å²) in [6, 6.07) is 28.1. The summed E-state index contributed by atoms with van der Waals surface area (Å²) in [4.78, 5) is 29.9. The quantitative estimate of drug-likeness (QED) is 0.166. The Morgan fingerprint density at radius 3 is 2.18 bits per heavy atom. The number of nitrogens with zero attached hydrogens (tertiary/aromatic N) is 2. The lowest BCUT2D eigenvalue weighted by Gasteiger charge is -2.34. The number of carbonyl (C=O) groups excluding carboxylic acids is 2. The summed E-state index contributed by atoms with van der Waals surface area (Å²) in [5.41, 5.74) is 2.62. The Kier molecular flexibility index (Phi) is 11.7. The van der Waals surface area contributed by atoms with Gasteiger partial charge in [-0.15, -0.1) is 0 Å². The van der Waals surface area contributed by atoms with E-state index in [9.17, 15) is 18.0 Å². The molecule has 4 aromatic carbocycles. The topological polar surface area (TPSA) is 86.8 Å². The molecule has 2 amide bonds. The first-order valence-electron chi connectivity index (χ1n) is 14.7. The Hall–Kier alpha value is -3.85. The maximum absolute atomic E-state index is 14.5. The van der Waals surface area contributed by atoms with Crippen molar-refractivity contribution >= 4 is 50.7 Å². The number of carbonyl (C=O) groups is 2. The fraction of sp³-hybridized carbons (Fsp3) is 0.257. The summed E-state index contributed by atoms with van der Waals surface area (Å²) in [7, 11) is -4.22. The number of rotatable bonds is 13. The monoisotopic (exact) mass is 665 g/mol. The molecular weight excluding hydrogens is 629 g/mol. The van der Waals surface area contributed by atoms with Gasteiger partial charge in [-0.2, -0.15) is 0 Å². The molecule has 0 unspecified atom stereocenters. The van der Waals surface area contributed by atoms with Crippen LogP contribution in [0.4, 0.5) is 5.69 Å². The third-order valence-corrected chi connectivity index (χ3v) is 9.95. The second-order valence-corrected chi connectivity index (χ2v) is 13.6. The fourth-order valence-electron chi connectivity index (χ4n) is 4.85. The highest BCUT2D eigenvalue weighted by molar-refractivity contribution is 7.92. The van der Waals surface area contributed by atoms with Gasteiger partial charge in [-0.05, 0) is 79.4 Å². The van der Waals surface area contributed by atoms with Gasteiger partial charge in [0.2, 0.25) is 11.8 Å². The molecule has 0 aliphatic carbocycles. The summed E-state index contributed by atoms with van der Waals surface area (Å²) in [6.45, 7) is 5.14. The second-order valence-electron chi connectivity index (χ2n) is 10.9. The van der Waals surface area contributed by atoms with Crippen LogP contribution < -0.4 is 9.62 Å². The van der Waals surface area contributed by atoms with Gasteiger partial charge < -0.3 is 10.2 Å². The molecule has 4 aromatic rings. The summed E-state index contributed by atoms with van der Waals surface area (Å²) in [5, 5.41) is 3.84. The molecule has 0 bridgehead atoms. The van der Waals surface area contributed by atoms with Gasteiger partial charge in [0.25, 0.3) is 10.0 Å². The molecule has 4 rings (SSSR count). The molecule has 7 nitrogen and oxygen atoms in total. The number of nitrogens with one attached hydrogen (secondary N) is 1. The van der Waals surface area contributed by atoms with E-state index in [0.29, 0.717) is 27.7 Å². The van der Waals surface area contributed by atoms with E-state index in [0.717, 1.165) is 15.4 Å². The Bertz CT molecular complexity index is 1720. The molecular formula is C35H37Cl2N3O4S. The van der Waals surface area contributed by atoms with Crippen LogP contribution in [0.25, 0.3) is 0 Å². The number of sulfonamides is 1. The molecule has 0 fully saturated rings. The number of hydrogen-bond acceptors (Lipinski definition) is 4. The standard InChI is InChI=1S/C35H37Cl2N3O4S/c1-4-26(3)38-35(42)33(22-27-12-6-5-7-13-27)39(23-28-14-8-9-16-32(28)37)34(41)24-40(30-15-10-11-25(2)21-30)45(43,44)31-19-17-29(36)18-20-31/h5-21,26,33H,4,22-24H2,1-3H3,(H,38,42)/t26-,33-/m1/s1. The zero-order valence-corrected chi connectivity index (χ0v) is 27.8. The lowest BCUT2D eigenvalue weighted by molar-refractivity contribution is -0.140. The van der Waals surface area contributed by atoms with E-state index in [-0.39, 0.29) is 29.8 Å². The lowest BCUT2D eigenvalue weighted by Crippen LogP contribution is -2.54. The van der Waals surface area contributed by atoms with Gasteiger partial charge in [-0.3, -0.25) is 13.9 Å². The number of amides is 2. The van der Waals surface area contributed by atoms with Crippen molar-refractivity contribution in [2.45, 2.75) is 57.1 Å². The minimum absolute atomic E-state index is 0.00736. The average molecular weight is 667 g/mol. The molecule has 0 saturated carbocycles. The van der Waals surface area contributed by atoms with Crippen LogP contribution in [-0.2, 0) is 32.6 Å². The second kappa shape index (κ2) is 15.4. The molecule has 0 spiro atoms. The smallest absolute Gasteiger partial charge is 0.264 e. The minimum atomic E-state index is -4.22. The van der Waals surface area contributed by atoms with Gasteiger partial charge in [0.15, 0.2) is 0 Å². The first-order chi connectivity index (χ1) is 21.5. The molecule has 1 N–H and O–H groups in total. The van der Waals surface area contributed by atoms with Crippen molar-refractivity contribution in [1.29, 1.82) is 0 Å². The first kappa shape index (κ1) is 34.0. The average Bonchev–Trinajstić information content (AvgIpc) is 3.02. The largest absolute Gasteiger partial charge is 0.352 e. The van der Waals surface area contributed by atoms with Gasteiger partial charge in [-0.1, -0.05) is 90.8 Å². The Labute approximate surface area is 275 Å². The van der Waals surface area contributed by atoms with Gasteiger partial charge >= 0.3 is 0 Å². The molecule has 2 atom stereocenters. The van der Waals surface area contributed by atoms with Crippen LogP contribution in [0.5, 0.6) is 0 Å². The predicted molar refractivity (Wildman–Crippen MR) is 181 cm³/mol. The summed E-state index contributed by atoms with van der Waals surface area (Å²) < 4.78 is 29.3. The Morgan fingerprint density at radius 1 is 0.867 bits per heavy atom. The van der Waals surface area contributed by atoms with Crippen molar-refractivity contribution in [2.24, 2.45) is 0 Å². The third-order valence-electron chi connectivity index (χ3n) is 7.54. The Morgan fingerprint density at radius 2 is 1.53 bits per heavy atom. The van der Waals surface area contributed by atoms with Gasteiger partial charge in [-0.25, -0.2) is 8.42 Å². The maximum Gasteiger partial charge on any atom is 0.264 e. The number of benzene rings is 4. The first-order valence-corrected chi connectivity index (χ1v) is 16.9. The summed E-state index contributed by atoms with van der Waals surface area (Å²) >= 11 is 12.6. The van der Waals surface area contributed by atoms with Gasteiger partial charge in [0.1, 0.15) is 12.6 Å². The molecule has 0 heterocycles. The SMILES string of the molecule is CC[C@@H](C)NC(=O)[C@@H](Cc1ccccc1)N(Cc1ccccc1Cl)C(=O)CN(c1cccc(C)c1)S(=O)(=O)c1ccc(Cl)cc1. The number of aryl methyl sites for hydroxylation is 1. The van der Waals surface area contributed by atoms with Crippen molar-refractivity contribution in [3.05, 3.63) is 130 Å². The van der Waals surface area contributed by atoms with E-state index in [1.165, 1.54) is 29.2 Å². The molecule has 45 heavy (non-hydrogen) atoms. The molecule has 0 radical (unpaired) electrons. The third kappa shape index (κ3) is 8.87. The summed E-state index contributed by atoms with van der Waals surface area (Å²) in [5.74, 6) is -0.898. The van der Waals surface area contributed by atoms with Crippen LogP contribution in [0.2, 0.25) is 10.0 Å². The van der Waals surface area contributed by atoms with Crippen molar-refractivity contribution in [2.75, 3.05) is 10.8 Å². The van der Waals surface area contributed by atoms with Crippen LogP contribution in [0.3, 0.4) is 0 Å². The highest BCUT2D eigenvalue weighted by atomic mass is 35.5. The van der Waals surface area contributed by atoms with Crippen molar-refractivity contribution in [3.8, 4) is 0 Å².